The third-order valence-corrected chi connectivity index (χ3v) is 3.30. The Kier molecular flexibility index (Phi) is 5.04. The molecule has 0 fully saturated rings. The first kappa shape index (κ1) is 15.2. The van der Waals surface area contributed by atoms with Crippen LogP contribution in [0.3, 0.4) is 0 Å². The molecule has 2 aromatic carbocycles. The number of halogens is 2. The van der Waals surface area contributed by atoms with Crippen molar-refractivity contribution >= 4 is 11.5 Å². The molecule has 0 amide bonds. The molecular formula is C17H17F2NO. The van der Waals surface area contributed by atoms with Crippen molar-refractivity contribution in [3.05, 3.63) is 65.7 Å². The normalized spacial score (nSPS) is 10.4. The summed E-state index contributed by atoms with van der Waals surface area (Å²) < 4.78 is 26.2. The quantitative estimate of drug-likeness (QED) is 0.747. The molecular weight excluding hydrogens is 272 g/mol. The fraction of sp³-hybridized carbons (Fsp3) is 0.235. The van der Waals surface area contributed by atoms with Crippen LogP contribution < -0.4 is 4.90 Å². The van der Waals surface area contributed by atoms with E-state index in [-0.39, 0.29) is 17.8 Å². The molecule has 0 atom stereocenters. The Morgan fingerprint density at radius 2 is 1.67 bits per heavy atom. The van der Waals surface area contributed by atoms with Crippen molar-refractivity contribution in [2.24, 2.45) is 0 Å². The molecule has 0 heterocycles. The molecule has 0 bridgehead atoms. The maximum absolute atomic E-state index is 13.1. The van der Waals surface area contributed by atoms with Gasteiger partial charge >= 0.3 is 0 Å². The van der Waals surface area contributed by atoms with Crippen LogP contribution >= 0.6 is 0 Å². The molecule has 0 radical (unpaired) electrons. The van der Waals surface area contributed by atoms with Crippen LogP contribution in [-0.4, -0.2) is 18.9 Å². The number of Topliss-reactive ketones (excluding diaryl/α,β-unsaturated/α-hetero) is 1. The van der Waals surface area contributed by atoms with E-state index in [1.807, 2.05) is 42.2 Å². The number of anilines is 1. The highest BCUT2D eigenvalue weighted by molar-refractivity contribution is 5.96. The van der Waals surface area contributed by atoms with Gasteiger partial charge in [0.2, 0.25) is 0 Å². The summed E-state index contributed by atoms with van der Waals surface area (Å²) in [6, 6.07) is 12.6. The van der Waals surface area contributed by atoms with E-state index in [0.717, 1.165) is 30.4 Å². The van der Waals surface area contributed by atoms with Crippen LogP contribution in [0.15, 0.2) is 48.5 Å². The molecule has 0 saturated carbocycles. The maximum atomic E-state index is 13.1. The fourth-order valence-corrected chi connectivity index (χ4v) is 2.20. The highest BCUT2D eigenvalue weighted by atomic mass is 19.1. The van der Waals surface area contributed by atoms with Gasteiger partial charge in [0.25, 0.3) is 0 Å². The number of hydrogen-bond acceptors (Lipinski definition) is 2. The van der Waals surface area contributed by atoms with Crippen LogP contribution in [0.25, 0.3) is 0 Å². The fourth-order valence-electron chi connectivity index (χ4n) is 2.20. The van der Waals surface area contributed by atoms with E-state index >= 15 is 0 Å². The zero-order valence-electron chi connectivity index (χ0n) is 11.9. The summed E-state index contributed by atoms with van der Waals surface area (Å²) in [6.07, 6.45) is 0.214. The van der Waals surface area contributed by atoms with Gasteiger partial charge < -0.3 is 4.90 Å². The van der Waals surface area contributed by atoms with E-state index in [4.69, 9.17) is 0 Å². The lowest BCUT2D eigenvalue weighted by Gasteiger charge is -2.22. The van der Waals surface area contributed by atoms with Gasteiger partial charge in [0.05, 0.1) is 0 Å². The molecule has 2 aromatic rings. The van der Waals surface area contributed by atoms with Crippen LogP contribution in [-0.2, 0) is 0 Å². The van der Waals surface area contributed by atoms with Crippen LogP contribution in [0, 0.1) is 11.6 Å². The van der Waals surface area contributed by atoms with Crippen molar-refractivity contribution in [2.75, 3.05) is 18.0 Å². The van der Waals surface area contributed by atoms with E-state index in [1.165, 1.54) is 0 Å². The molecule has 0 saturated heterocycles. The molecule has 0 spiro atoms. The number of rotatable bonds is 6. The predicted octanol–water partition coefficient (Wildman–Crippen LogP) is 4.06. The van der Waals surface area contributed by atoms with Gasteiger partial charge in [0.1, 0.15) is 11.6 Å². The minimum atomic E-state index is -0.728. The number of hydrogen-bond donors (Lipinski definition) is 0. The number of ketones is 1. The highest BCUT2D eigenvalue weighted by Gasteiger charge is 2.11. The van der Waals surface area contributed by atoms with Gasteiger partial charge in [-0.15, -0.1) is 0 Å². The van der Waals surface area contributed by atoms with Crippen LogP contribution in [0.1, 0.15) is 23.7 Å². The number of carbonyl (C=O) groups is 1. The third kappa shape index (κ3) is 4.12. The van der Waals surface area contributed by atoms with Crippen LogP contribution in [0.4, 0.5) is 14.5 Å². The van der Waals surface area contributed by atoms with Crippen LogP contribution in [0.5, 0.6) is 0 Å². The van der Waals surface area contributed by atoms with Gasteiger partial charge in [-0.3, -0.25) is 4.79 Å². The first-order valence-corrected chi connectivity index (χ1v) is 6.89. The maximum Gasteiger partial charge on any atom is 0.164 e. The monoisotopic (exact) mass is 289 g/mol. The summed E-state index contributed by atoms with van der Waals surface area (Å²) in [4.78, 5) is 14.1. The molecule has 2 nitrogen and oxygen atoms in total. The molecule has 21 heavy (non-hydrogen) atoms. The Labute approximate surface area is 123 Å². The molecule has 0 aliphatic heterocycles. The summed E-state index contributed by atoms with van der Waals surface area (Å²) in [5, 5.41) is 0. The van der Waals surface area contributed by atoms with Crippen LogP contribution in [0.2, 0.25) is 0 Å². The number of carbonyl (C=O) groups excluding carboxylic acids is 1. The SMILES string of the molecule is CCN(CCC(=O)c1cc(F)cc(F)c1)c1ccccc1. The average molecular weight is 289 g/mol. The summed E-state index contributed by atoms with van der Waals surface area (Å²) in [5.41, 5.74) is 1.11. The van der Waals surface area contributed by atoms with E-state index in [2.05, 4.69) is 0 Å². The summed E-state index contributed by atoms with van der Waals surface area (Å²) in [5.74, 6) is -1.72. The second-order valence-electron chi connectivity index (χ2n) is 4.75. The number of nitrogens with zero attached hydrogens (tertiary/aromatic N) is 1. The zero-order chi connectivity index (χ0) is 15.2. The lowest BCUT2D eigenvalue weighted by molar-refractivity contribution is 0.0983. The van der Waals surface area contributed by atoms with E-state index in [0.29, 0.717) is 6.54 Å². The molecule has 2 rings (SSSR count). The van der Waals surface area contributed by atoms with Crippen molar-refractivity contribution in [3.8, 4) is 0 Å². The summed E-state index contributed by atoms with van der Waals surface area (Å²) >= 11 is 0. The first-order chi connectivity index (χ1) is 10.1. The van der Waals surface area contributed by atoms with Gasteiger partial charge in [-0.25, -0.2) is 8.78 Å². The largest absolute Gasteiger partial charge is 0.371 e. The zero-order valence-corrected chi connectivity index (χ0v) is 11.9. The van der Waals surface area contributed by atoms with Crippen molar-refractivity contribution in [2.45, 2.75) is 13.3 Å². The van der Waals surface area contributed by atoms with E-state index in [1.54, 1.807) is 0 Å². The van der Waals surface area contributed by atoms with Gasteiger partial charge in [0.15, 0.2) is 5.78 Å². The molecule has 4 heteroatoms. The Balaban J connectivity index is 2.02. The average Bonchev–Trinajstić information content (AvgIpc) is 2.47. The smallest absolute Gasteiger partial charge is 0.164 e. The highest BCUT2D eigenvalue weighted by Crippen LogP contribution is 2.15. The first-order valence-electron chi connectivity index (χ1n) is 6.89. The Morgan fingerprint density at radius 3 is 2.24 bits per heavy atom. The third-order valence-electron chi connectivity index (χ3n) is 3.30. The Bertz CT molecular complexity index is 593. The number of para-hydroxylation sites is 1. The lowest BCUT2D eigenvalue weighted by atomic mass is 10.1. The van der Waals surface area contributed by atoms with Gasteiger partial charge in [0, 0.05) is 36.8 Å². The predicted molar refractivity (Wildman–Crippen MR) is 79.6 cm³/mol. The van der Waals surface area contributed by atoms with E-state index < -0.39 is 11.6 Å². The minimum absolute atomic E-state index is 0.0802. The minimum Gasteiger partial charge on any atom is -0.371 e. The molecule has 0 aliphatic rings. The second-order valence-corrected chi connectivity index (χ2v) is 4.75. The Morgan fingerprint density at radius 1 is 1.05 bits per heavy atom. The van der Waals surface area contributed by atoms with Crippen molar-refractivity contribution < 1.29 is 13.6 Å². The topological polar surface area (TPSA) is 20.3 Å². The van der Waals surface area contributed by atoms with Crippen molar-refractivity contribution in [3.63, 3.8) is 0 Å². The van der Waals surface area contributed by atoms with E-state index in [9.17, 15) is 13.6 Å². The number of benzene rings is 2. The molecule has 0 N–H and O–H groups in total. The van der Waals surface area contributed by atoms with Gasteiger partial charge in [-0.1, -0.05) is 18.2 Å². The second kappa shape index (κ2) is 6.97. The molecule has 0 unspecified atom stereocenters. The molecule has 110 valence electrons. The van der Waals surface area contributed by atoms with Gasteiger partial charge in [-0.05, 0) is 31.2 Å². The standard InChI is InChI=1S/C17H17F2NO/c1-2-20(16-6-4-3-5-7-16)9-8-17(21)13-10-14(18)12-15(19)11-13/h3-7,10-12H,2,8-9H2,1H3. The summed E-state index contributed by atoms with van der Waals surface area (Å²) in [7, 11) is 0. The lowest BCUT2D eigenvalue weighted by Crippen LogP contribution is -2.25. The van der Waals surface area contributed by atoms with Crippen molar-refractivity contribution in [1.82, 2.24) is 0 Å². The Hall–Kier alpha value is -2.23. The van der Waals surface area contributed by atoms with Crippen molar-refractivity contribution in [1.29, 1.82) is 0 Å². The molecule has 0 aliphatic carbocycles. The molecule has 0 aromatic heterocycles. The van der Waals surface area contributed by atoms with Gasteiger partial charge in [-0.2, -0.15) is 0 Å². The summed E-state index contributed by atoms with van der Waals surface area (Å²) in [6.45, 7) is 3.27.